The normalized spacial score (nSPS) is 12.9. The molecule has 2 N–H and O–H groups in total. The number of nitrogens with zero attached hydrogens (tertiary/aromatic N) is 1. The molecule has 2 rings (SSSR count). The molecule has 0 aromatic heterocycles. The fourth-order valence-electron chi connectivity index (χ4n) is 2.11. The molecular weight excluding hydrogens is 340 g/mol. The van der Waals surface area contributed by atoms with Gasteiger partial charge in [0.15, 0.2) is 5.17 Å². The molecule has 5 heteroatoms. The molecule has 0 bridgehead atoms. The second-order valence-electron chi connectivity index (χ2n) is 5.50. The van der Waals surface area contributed by atoms with Gasteiger partial charge in [-0.25, -0.2) is 4.99 Å². The third kappa shape index (κ3) is 6.10. The first-order chi connectivity index (χ1) is 11.6. The predicted octanol–water partition coefficient (Wildman–Crippen LogP) is 5.61. The standard InChI is InChI=1S/C19H23ClN2OS/c1-3-14(2)15-4-8-17(9-5-15)22-19(21)24-13-12-23-18-10-6-16(20)7-11-18/h4-11,14H,3,12-13H2,1-2H3,(H2,21,22)/t14-/m1/s1. The molecule has 0 aliphatic heterocycles. The minimum Gasteiger partial charge on any atom is -0.493 e. The fourth-order valence-corrected chi connectivity index (χ4v) is 2.78. The van der Waals surface area contributed by atoms with Gasteiger partial charge in [-0.15, -0.1) is 0 Å². The average Bonchev–Trinajstić information content (AvgIpc) is 2.60. The Morgan fingerprint density at radius 1 is 1.17 bits per heavy atom. The van der Waals surface area contributed by atoms with Crippen LogP contribution in [-0.4, -0.2) is 17.5 Å². The molecule has 0 saturated carbocycles. The van der Waals surface area contributed by atoms with Gasteiger partial charge in [0.25, 0.3) is 0 Å². The first kappa shape index (κ1) is 18.7. The number of hydrogen-bond acceptors (Lipinski definition) is 3. The first-order valence-corrected chi connectivity index (χ1v) is 9.40. The molecule has 2 aromatic rings. The summed E-state index contributed by atoms with van der Waals surface area (Å²) >= 11 is 7.32. The van der Waals surface area contributed by atoms with Crippen LogP contribution in [0.5, 0.6) is 5.75 Å². The Morgan fingerprint density at radius 2 is 1.83 bits per heavy atom. The van der Waals surface area contributed by atoms with E-state index in [2.05, 4.69) is 31.0 Å². The molecule has 2 aromatic carbocycles. The molecule has 128 valence electrons. The molecule has 0 unspecified atom stereocenters. The van der Waals surface area contributed by atoms with Crippen molar-refractivity contribution in [3.63, 3.8) is 0 Å². The summed E-state index contributed by atoms with van der Waals surface area (Å²) in [6.07, 6.45) is 1.13. The van der Waals surface area contributed by atoms with Gasteiger partial charge in [0.05, 0.1) is 12.3 Å². The number of nitrogens with two attached hydrogens (primary N) is 1. The third-order valence-corrected chi connectivity index (χ3v) is 4.74. The van der Waals surface area contributed by atoms with Crippen LogP contribution < -0.4 is 10.5 Å². The average molecular weight is 363 g/mol. The zero-order valence-electron chi connectivity index (χ0n) is 14.0. The van der Waals surface area contributed by atoms with Crippen LogP contribution in [0.2, 0.25) is 5.02 Å². The summed E-state index contributed by atoms with van der Waals surface area (Å²) in [7, 11) is 0. The van der Waals surface area contributed by atoms with Crippen LogP contribution in [0.4, 0.5) is 5.69 Å². The molecule has 24 heavy (non-hydrogen) atoms. The summed E-state index contributed by atoms with van der Waals surface area (Å²) in [4.78, 5) is 4.43. The van der Waals surface area contributed by atoms with E-state index >= 15 is 0 Å². The first-order valence-electron chi connectivity index (χ1n) is 8.03. The van der Waals surface area contributed by atoms with Gasteiger partial charge >= 0.3 is 0 Å². The second-order valence-corrected chi connectivity index (χ2v) is 7.05. The number of rotatable bonds is 7. The maximum Gasteiger partial charge on any atom is 0.159 e. The van der Waals surface area contributed by atoms with E-state index in [9.17, 15) is 0 Å². The Labute approximate surface area is 153 Å². The lowest BCUT2D eigenvalue weighted by atomic mass is 9.99. The van der Waals surface area contributed by atoms with Gasteiger partial charge in [-0.1, -0.05) is 49.3 Å². The van der Waals surface area contributed by atoms with Crippen molar-refractivity contribution < 1.29 is 4.74 Å². The quantitative estimate of drug-likeness (QED) is 0.395. The zero-order valence-corrected chi connectivity index (χ0v) is 15.6. The molecule has 0 aliphatic rings. The van der Waals surface area contributed by atoms with E-state index in [-0.39, 0.29) is 0 Å². The van der Waals surface area contributed by atoms with E-state index in [0.29, 0.717) is 22.7 Å². The fraction of sp³-hybridized carbons (Fsp3) is 0.316. The lowest BCUT2D eigenvalue weighted by molar-refractivity contribution is 0.344. The number of halogens is 1. The number of aliphatic imine (C=N–C) groups is 1. The molecule has 1 atom stereocenters. The van der Waals surface area contributed by atoms with Gasteiger partial charge in [-0.3, -0.25) is 0 Å². The molecule has 0 fully saturated rings. The van der Waals surface area contributed by atoms with Gasteiger partial charge in [-0.2, -0.15) is 0 Å². The molecular formula is C19H23ClN2OS. The highest BCUT2D eigenvalue weighted by Gasteiger charge is 2.02. The van der Waals surface area contributed by atoms with Crippen molar-refractivity contribution in [2.24, 2.45) is 10.7 Å². The van der Waals surface area contributed by atoms with Crippen LogP contribution in [0.3, 0.4) is 0 Å². The second kappa shape index (κ2) is 9.60. The Balaban J connectivity index is 1.78. The number of thioether (sulfide) groups is 1. The highest BCUT2D eigenvalue weighted by Crippen LogP contribution is 2.22. The lowest BCUT2D eigenvalue weighted by Crippen LogP contribution is -2.10. The van der Waals surface area contributed by atoms with Crippen molar-refractivity contribution in [1.29, 1.82) is 0 Å². The summed E-state index contributed by atoms with van der Waals surface area (Å²) in [6.45, 7) is 4.98. The summed E-state index contributed by atoms with van der Waals surface area (Å²) in [6, 6.07) is 15.6. The lowest BCUT2D eigenvalue weighted by Gasteiger charge is -2.09. The van der Waals surface area contributed by atoms with E-state index in [4.69, 9.17) is 22.1 Å². The van der Waals surface area contributed by atoms with Gasteiger partial charge in [0, 0.05) is 10.8 Å². The number of ether oxygens (including phenoxy) is 1. The monoisotopic (exact) mass is 362 g/mol. The van der Waals surface area contributed by atoms with E-state index in [0.717, 1.165) is 23.6 Å². The topological polar surface area (TPSA) is 47.6 Å². The molecule has 3 nitrogen and oxygen atoms in total. The zero-order chi connectivity index (χ0) is 17.4. The van der Waals surface area contributed by atoms with Gasteiger partial charge in [0.2, 0.25) is 0 Å². The van der Waals surface area contributed by atoms with Crippen LogP contribution in [0.1, 0.15) is 31.7 Å². The minimum absolute atomic E-state index is 0.547. The van der Waals surface area contributed by atoms with Crippen molar-refractivity contribution in [3.05, 3.63) is 59.1 Å². The van der Waals surface area contributed by atoms with E-state index in [1.54, 1.807) is 0 Å². The maximum absolute atomic E-state index is 5.97. The Bertz CT molecular complexity index is 656. The summed E-state index contributed by atoms with van der Waals surface area (Å²) in [5.74, 6) is 2.11. The van der Waals surface area contributed by atoms with Crippen molar-refractivity contribution in [2.45, 2.75) is 26.2 Å². The van der Waals surface area contributed by atoms with E-state index < -0.39 is 0 Å². The van der Waals surface area contributed by atoms with Crippen LogP contribution in [0.25, 0.3) is 0 Å². The molecule has 0 saturated heterocycles. The third-order valence-electron chi connectivity index (χ3n) is 3.73. The molecule has 0 radical (unpaired) electrons. The molecule has 0 spiro atoms. The highest BCUT2D eigenvalue weighted by molar-refractivity contribution is 8.13. The summed E-state index contributed by atoms with van der Waals surface area (Å²) in [5, 5.41) is 1.25. The molecule has 0 aliphatic carbocycles. The van der Waals surface area contributed by atoms with Crippen molar-refractivity contribution >= 4 is 34.2 Å². The number of amidine groups is 1. The number of benzene rings is 2. The highest BCUT2D eigenvalue weighted by atomic mass is 35.5. The largest absolute Gasteiger partial charge is 0.493 e. The van der Waals surface area contributed by atoms with Crippen molar-refractivity contribution in [3.8, 4) is 5.75 Å². The van der Waals surface area contributed by atoms with Gasteiger partial charge in [0.1, 0.15) is 5.75 Å². The maximum atomic E-state index is 5.97. The van der Waals surface area contributed by atoms with Gasteiger partial charge in [-0.05, 0) is 54.3 Å². The van der Waals surface area contributed by atoms with Crippen LogP contribution in [0, 0.1) is 0 Å². The van der Waals surface area contributed by atoms with Crippen molar-refractivity contribution in [1.82, 2.24) is 0 Å². The Kier molecular flexibility index (Phi) is 7.47. The van der Waals surface area contributed by atoms with Crippen LogP contribution in [-0.2, 0) is 0 Å². The Morgan fingerprint density at radius 3 is 2.46 bits per heavy atom. The summed E-state index contributed by atoms with van der Waals surface area (Å²) in [5.41, 5.74) is 8.18. The van der Waals surface area contributed by atoms with Gasteiger partial charge < -0.3 is 10.5 Å². The smallest absolute Gasteiger partial charge is 0.159 e. The van der Waals surface area contributed by atoms with E-state index in [1.807, 2.05) is 36.4 Å². The number of hydrogen-bond donors (Lipinski definition) is 1. The van der Waals surface area contributed by atoms with Crippen LogP contribution in [0.15, 0.2) is 53.5 Å². The molecule has 0 amide bonds. The van der Waals surface area contributed by atoms with E-state index in [1.165, 1.54) is 17.3 Å². The van der Waals surface area contributed by atoms with Crippen molar-refractivity contribution in [2.75, 3.05) is 12.4 Å². The summed E-state index contributed by atoms with van der Waals surface area (Å²) < 4.78 is 5.63. The Hall–Kier alpha value is -1.65. The SMILES string of the molecule is CC[C@@H](C)c1ccc(N=C(N)SCCOc2ccc(Cl)cc2)cc1. The molecule has 0 heterocycles. The van der Waals surface area contributed by atoms with Crippen LogP contribution >= 0.6 is 23.4 Å². The minimum atomic E-state index is 0.547. The predicted molar refractivity (Wildman–Crippen MR) is 106 cm³/mol.